The summed E-state index contributed by atoms with van der Waals surface area (Å²) in [7, 11) is 0. The minimum atomic E-state index is -0.811. The predicted octanol–water partition coefficient (Wildman–Crippen LogP) is 4.17. The average molecular weight is 447 g/mol. The lowest BCUT2D eigenvalue weighted by Gasteiger charge is -2.47. The molecule has 1 aliphatic heterocycles. The summed E-state index contributed by atoms with van der Waals surface area (Å²) in [5, 5.41) is 20.9. The van der Waals surface area contributed by atoms with Gasteiger partial charge < -0.3 is 19.7 Å². The average Bonchev–Trinajstić information content (AvgIpc) is 2.70. The Morgan fingerprint density at radius 1 is 0.821 bits per heavy atom. The van der Waals surface area contributed by atoms with E-state index < -0.39 is 12.2 Å². The molecule has 1 saturated heterocycles. The van der Waals surface area contributed by atoms with Crippen LogP contribution in [0.25, 0.3) is 0 Å². The second kappa shape index (κ2) is 8.64. The zero-order valence-corrected chi connectivity index (χ0v) is 17.5. The summed E-state index contributed by atoms with van der Waals surface area (Å²) in [5.41, 5.74) is 2.12. The van der Waals surface area contributed by atoms with Crippen molar-refractivity contribution in [2.45, 2.75) is 61.2 Å². The van der Waals surface area contributed by atoms with Gasteiger partial charge in [0.05, 0.1) is 24.4 Å². The summed E-state index contributed by atoms with van der Waals surface area (Å²) < 4.78 is 13.2. The Balaban J connectivity index is 1.75. The third-order valence-corrected chi connectivity index (χ3v) is 6.79. The standard InChI is InChI=1S/C23H27BrO4/c1-14-12-17-20(26)19(25)13-18(24)23(17)28-22(16-10-6-3-7-11-16)21(27-14)15-8-4-2-5-9-15/h2-11,14,17-23,25-26H,12-13H2,1H3/t14-,17+,18+,19+,20-,21+,22+,23+/m0/s1. The highest BCUT2D eigenvalue weighted by molar-refractivity contribution is 9.09. The minimum Gasteiger partial charge on any atom is -0.390 e. The van der Waals surface area contributed by atoms with Gasteiger partial charge in [-0.1, -0.05) is 76.6 Å². The quantitative estimate of drug-likeness (QED) is 0.679. The van der Waals surface area contributed by atoms with Crippen LogP contribution in [-0.4, -0.2) is 39.5 Å². The molecule has 8 atom stereocenters. The molecule has 5 heteroatoms. The molecule has 0 unspecified atom stereocenters. The highest BCUT2D eigenvalue weighted by Crippen LogP contribution is 2.45. The van der Waals surface area contributed by atoms with Crippen LogP contribution in [0.5, 0.6) is 0 Å². The van der Waals surface area contributed by atoms with Gasteiger partial charge in [0.15, 0.2) is 0 Å². The lowest BCUT2D eigenvalue weighted by molar-refractivity contribution is -0.202. The molecule has 2 aliphatic rings. The van der Waals surface area contributed by atoms with E-state index in [1.165, 1.54) is 0 Å². The molecule has 1 heterocycles. The monoisotopic (exact) mass is 446 g/mol. The molecular formula is C23H27BrO4. The van der Waals surface area contributed by atoms with Gasteiger partial charge in [-0.25, -0.2) is 0 Å². The molecule has 0 bridgehead atoms. The van der Waals surface area contributed by atoms with Crippen LogP contribution in [0.15, 0.2) is 60.7 Å². The number of hydrogen-bond acceptors (Lipinski definition) is 4. The Bertz CT molecular complexity index is 756. The van der Waals surface area contributed by atoms with Gasteiger partial charge in [-0.15, -0.1) is 0 Å². The maximum absolute atomic E-state index is 10.7. The third kappa shape index (κ3) is 4.05. The molecule has 1 aliphatic carbocycles. The highest BCUT2D eigenvalue weighted by atomic mass is 79.9. The van der Waals surface area contributed by atoms with Crippen molar-refractivity contribution in [3.8, 4) is 0 Å². The van der Waals surface area contributed by atoms with Gasteiger partial charge in [0.1, 0.15) is 12.2 Å². The number of rotatable bonds is 2. The second-order valence-corrected chi connectivity index (χ2v) is 9.10. The minimum absolute atomic E-state index is 0.0242. The Hall–Kier alpha value is -1.24. The molecule has 4 nitrogen and oxygen atoms in total. The van der Waals surface area contributed by atoms with Gasteiger partial charge in [0.25, 0.3) is 0 Å². The number of fused-ring (bicyclic) bond motifs is 1. The van der Waals surface area contributed by atoms with E-state index in [-0.39, 0.29) is 35.2 Å². The summed E-state index contributed by atoms with van der Waals surface area (Å²) in [6.45, 7) is 2.04. The number of benzene rings is 2. The van der Waals surface area contributed by atoms with Crippen LogP contribution < -0.4 is 0 Å². The molecule has 0 spiro atoms. The smallest absolute Gasteiger partial charge is 0.113 e. The van der Waals surface area contributed by atoms with E-state index in [2.05, 4.69) is 40.2 Å². The van der Waals surface area contributed by atoms with Crippen molar-refractivity contribution in [2.24, 2.45) is 5.92 Å². The largest absolute Gasteiger partial charge is 0.390 e. The fourth-order valence-electron chi connectivity index (χ4n) is 4.51. The molecule has 4 rings (SSSR count). The van der Waals surface area contributed by atoms with Gasteiger partial charge in [0.2, 0.25) is 0 Å². The Morgan fingerprint density at radius 2 is 1.36 bits per heavy atom. The maximum atomic E-state index is 10.7. The summed E-state index contributed by atoms with van der Waals surface area (Å²) in [5.74, 6) is -0.189. The van der Waals surface area contributed by atoms with Gasteiger partial charge >= 0.3 is 0 Å². The van der Waals surface area contributed by atoms with E-state index in [9.17, 15) is 10.2 Å². The van der Waals surface area contributed by atoms with E-state index in [4.69, 9.17) is 9.47 Å². The van der Waals surface area contributed by atoms with Crippen molar-refractivity contribution < 1.29 is 19.7 Å². The lowest BCUT2D eigenvalue weighted by Crippen LogP contribution is -2.54. The first-order valence-corrected chi connectivity index (χ1v) is 10.9. The maximum Gasteiger partial charge on any atom is 0.113 e. The molecule has 2 aromatic rings. The van der Waals surface area contributed by atoms with Crippen LogP contribution >= 0.6 is 15.9 Å². The number of alkyl halides is 1. The van der Waals surface area contributed by atoms with E-state index in [1.54, 1.807) is 0 Å². The first kappa shape index (κ1) is 20.0. The van der Waals surface area contributed by atoms with E-state index in [1.807, 2.05) is 43.3 Å². The predicted molar refractivity (Wildman–Crippen MR) is 111 cm³/mol. The summed E-state index contributed by atoms with van der Waals surface area (Å²) in [4.78, 5) is -0.0242. The molecule has 0 amide bonds. The van der Waals surface area contributed by atoms with Crippen molar-refractivity contribution in [3.63, 3.8) is 0 Å². The molecule has 150 valence electrons. The summed E-state index contributed by atoms with van der Waals surface area (Å²) in [6, 6.07) is 20.3. The van der Waals surface area contributed by atoms with Crippen LogP contribution in [-0.2, 0) is 9.47 Å². The third-order valence-electron chi connectivity index (χ3n) is 5.90. The first-order valence-electron chi connectivity index (χ1n) is 9.95. The number of hydrogen-bond donors (Lipinski definition) is 2. The fraction of sp³-hybridized carbons (Fsp3) is 0.478. The van der Waals surface area contributed by atoms with Crippen molar-refractivity contribution >= 4 is 15.9 Å². The zero-order valence-electron chi connectivity index (χ0n) is 15.9. The fourth-order valence-corrected chi connectivity index (χ4v) is 5.40. The van der Waals surface area contributed by atoms with Crippen LogP contribution in [0.2, 0.25) is 0 Å². The summed E-state index contributed by atoms with van der Waals surface area (Å²) in [6.07, 6.45) is -1.29. The van der Waals surface area contributed by atoms with Gasteiger partial charge in [0, 0.05) is 10.7 Å². The molecule has 2 fully saturated rings. The van der Waals surface area contributed by atoms with Crippen molar-refractivity contribution in [2.75, 3.05) is 0 Å². The van der Waals surface area contributed by atoms with E-state index >= 15 is 0 Å². The van der Waals surface area contributed by atoms with E-state index in [0.717, 1.165) is 11.1 Å². The SMILES string of the molecule is C[C@H]1C[C@@H]2[C@H](O)[C@H](O)C[C@@H](Br)[C@@H]2O[C@H](c2ccccc2)[C@@H](c2ccccc2)O1. The molecule has 0 aromatic heterocycles. The Labute approximate surface area is 174 Å². The molecular weight excluding hydrogens is 420 g/mol. The molecule has 2 aromatic carbocycles. The first-order chi connectivity index (χ1) is 13.5. The van der Waals surface area contributed by atoms with Gasteiger partial charge in [-0.05, 0) is 30.9 Å². The Kier molecular flexibility index (Phi) is 6.18. The number of halogens is 1. The molecule has 2 N–H and O–H groups in total. The van der Waals surface area contributed by atoms with Crippen molar-refractivity contribution in [3.05, 3.63) is 71.8 Å². The van der Waals surface area contributed by atoms with Crippen molar-refractivity contribution in [1.82, 2.24) is 0 Å². The van der Waals surface area contributed by atoms with Crippen LogP contribution in [0.4, 0.5) is 0 Å². The number of aliphatic hydroxyl groups is 2. The number of aliphatic hydroxyl groups excluding tert-OH is 2. The topological polar surface area (TPSA) is 58.9 Å². The Morgan fingerprint density at radius 3 is 1.93 bits per heavy atom. The lowest BCUT2D eigenvalue weighted by atomic mass is 9.78. The van der Waals surface area contributed by atoms with Gasteiger partial charge in [-0.3, -0.25) is 0 Å². The number of ether oxygens (including phenoxy) is 2. The second-order valence-electron chi connectivity index (χ2n) is 7.92. The molecule has 1 saturated carbocycles. The molecule has 0 radical (unpaired) electrons. The molecule has 28 heavy (non-hydrogen) atoms. The summed E-state index contributed by atoms with van der Waals surface area (Å²) >= 11 is 3.72. The zero-order chi connectivity index (χ0) is 19.7. The van der Waals surface area contributed by atoms with E-state index in [0.29, 0.717) is 12.8 Å². The normalized spacial score (nSPS) is 38.9. The van der Waals surface area contributed by atoms with Gasteiger partial charge in [-0.2, -0.15) is 0 Å². The van der Waals surface area contributed by atoms with Crippen LogP contribution in [0.3, 0.4) is 0 Å². The van der Waals surface area contributed by atoms with Crippen LogP contribution in [0.1, 0.15) is 43.1 Å². The van der Waals surface area contributed by atoms with Crippen molar-refractivity contribution in [1.29, 1.82) is 0 Å². The van der Waals surface area contributed by atoms with Crippen LogP contribution in [0, 0.1) is 5.92 Å². The highest BCUT2D eigenvalue weighted by Gasteiger charge is 2.47.